The van der Waals surface area contributed by atoms with Crippen molar-refractivity contribution in [3.63, 3.8) is 0 Å². The van der Waals surface area contributed by atoms with Gasteiger partial charge in [0.25, 0.3) is 5.91 Å². The summed E-state index contributed by atoms with van der Waals surface area (Å²) in [6.45, 7) is 0.676. The van der Waals surface area contributed by atoms with Gasteiger partial charge in [-0.2, -0.15) is 13.2 Å². The number of alkyl halides is 3. The van der Waals surface area contributed by atoms with Gasteiger partial charge in [-0.25, -0.2) is 0 Å². The molecule has 1 atom stereocenters. The van der Waals surface area contributed by atoms with Crippen LogP contribution < -0.4 is 10.6 Å². The monoisotopic (exact) mass is 543 g/mol. The Labute approximate surface area is 230 Å². The molecule has 2 amide bonds. The summed E-state index contributed by atoms with van der Waals surface area (Å²) >= 11 is 0. The van der Waals surface area contributed by atoms with Gasteiger partial charge in [-0.15, -0.1) is 0 Å². The second-order valence-electron chi connectivity index (χ2n) is 9.76. The van der Waals surface area contributed by atoms with Crippen LogP contribution in [0.15, 0.2) is 85.1 Å². The standard InChI is InChI=1S/C32H28F3N3O2/c1-2-3-11-25-23(27-17-14-21(18-36-27)38-30(39)20-9-5-4-6-10-20)15-16-26-22-12-7-8-13-24(22)29(28(25)26)31(40)37-19-32(33,34)35/h4-10,12-18,29H,2-3,11,19H2,1H3,(H,37,40)(H,38,39). The van der Waals surface area contributed by atoms with Crippen LogP contribution in [0, 0.1) is 0 Å². The van der Waals surface area contributed by atoms with Gasteiger partial charge in [-0.1, -0.05) is 67.9 Å². The number of carbonyl (C=O) groups excluding carboxylic acids is 2. The molecular weight excluding hydrogens is 515 g/mol. The fraction of sp³-hybridized carbons (Fsp3) is 0.219. The molecule has 5 nitrogen and oxygen atoms in total. The van der Waals surface area contributed by atoms with Gasteiger partial charge in [0.2, 0.25) is 5.91 Å². The number of carbonyl (C=O) groups is 2. The third kappa shape index (κ3) is 5.61. The molecule has 204 valence electrons. The number of nitrogens with one attached hydrogen (secondary N) is 2. The van der Waals surface area contributed by atoms with E-state index < -0.39 is 24.5 Å². The van der Waals surface area contributed by atoms with Crippen LogP contribution in [0.4, 0.5) is 18.9 Å². The van der Waals surface area contributed by atoms with Crippen molar-refractivity contribution in [1.29, 1.82) is 0 Å². The first-order valence-corrected chi connectivity index (χ1v) is 13.2. The molecule has 3 aromatic carbocycles. The molecule has 8 heteroatoms. The summed E-state index contributed by atoms with van der Waals surface area (Å²) < 4.78 is 39.0. The van der Waals surface area contributed by atoms with Gasteiger partial charge in [0.05, 0.1) is 23.5 Å². The summed E-state index contributed by atoms with van der Waals surface area (Å²) in [6, 6.07) is 23.7. The molecule has 0 radical (unpaired) electrons. The molecule has 1 aliphatic rings. The van der Waals surface area contributed by atoms with Gasteiger partial charge in [0.15, 0.2) is 0 Å². The van der Waals surface area contributed by atoms with Gasteiger partial charge in [-0.3, -0.25) is 14.6 Å². The molecule has 5 rings (SSSR count). The molecule has 0 saturated heterocycles. The fourth-order valence-corrected chi connectivity index (χ4v) is 5.22. The van der Waals surface area contributed by atoms with Crippen LogP contribution >= 0.6 is 0 Å². The second-order valence-corrected chi connectivity index (χ2v) is 9.76. The number of benzene rings is 3. The summed E-state index contributed by atoms with van der Waals surface area (Å²) in [5, 5.41) is 4.95. The average molecular weight is 544 g/mol. The number of aromatic nitrogens is 1. The highest BCUT2D eigenvalue weighted by Gasteiger charge is 2.38. The van der Waals surface area contributed by atoms with Crippen LogP contribution in [0.1, 0.15) is 52.7 Å². The third-order valence-corrected chi connectivity index (χ3v) is 7.05. The minimum Gasteiger partial charge on any atom is -0.346 e. The molecule has 40 heavy (non-hydrogen) atoms. The number of fused-ring (bicyclic) bond motifs is 3. The molecule has 0 spiro atoms. The molecular formula is C32H28F3N3O2. The minimum absolute atomic E-state index is 0.248. The van der Waals surface area contributed by atoms with E-state index in [9.17, 15) is 22.8 Å². The Morgan fingerprint density at radius 3 is 2.30 bits per heavy atom. The Hall–Kier alpha value is -4.46. The van der Waals surface area contributed by atoms with Crippen molar-refractivity contribution < 1.29 is 22.8 Å². The molecule has 0 fully saturated rings. The van der Waals surface area contributed by atoms with Gasteiger partial charge >= 0.3 is 6.18 Å². The number of nitrogens with zero attached hydrogens (tertiary/aromatic N) is 1. The van der Waals surface area contributed by atoms with E-state index in [1.54, 1.807) is 54.7 Å². The van der Waals surface area contributed by atoms with Gasteiger partial charge in [0.1, 0.15) is 6.54 Å². The zero-order valence-corrected chi connectivity index (χ0v) is 21.9. The van der Waals surface area contributed by atoms with Crippen molar-refractivity contribution in [2.75, 3.05) is 11.9 Å². The zero-order valence-electron chi connectivity index (χ0n) is 21.9. The highest BCUT2D eigenvalue weighted by Crippen LogP contribution is 2.49. The van der Waals surface area contributed by atoms with Crippen LogP contribution in [0.2, 0.25) is 0 Å². The SMILES string of the molecule is CCCCc1c(-c2ccc(NC(=O)c3ccccc3)cn2)ccc2c1C(C(=O)NCC(F)(F)F)c1ccccc1-2. The van der Waals surface area contributed by atoms with E-state index in [1.165, 1.54) is 0 Å². The van der Waals surface area contributed by atoms with Crippen molar-refractivity contribution in [2.45, 2.75) is 38.3 Å². The first-order chi connectivity index (χ1) is 19.3. The number of hydrogen-bond donors (Lipinski definition) is 2. The minimum atomic E-state index is -4.51. The van der Waals surface area contributed by atoms with Gasteiger partial charge in [-0.05, 0) is 64.9 Å². The summed E-state index contributed by atoms with van der Waals surface area (Å²) in [7, 11) is 0. The number of amides is 2. The van der Waals surface area contributed by atoms with E-state index in [0.29, 0.717) is 28.9 Å². The van der Waals surface area contributed by atoms with Crippen LogP contribution in [0.25, 0.3) is 22.4 Å². The van der Waals surface area contributed by atoms with E-state index in [-0.39, 0.29) is 5.91 Å². The maximum atomic E-state index is 13.3. The molecule has 0 aliphatic heterocycles. The molecule has 1 aliphatic carbocycles. The lowest BCUT2D eigenvalue weighted by Crippen LogP contribution is -2.37. The Balaban J connectivity index is 1.53. The molecule has 2 N–H and O–H groups in total. The first kappa shape index (κ1) is 27.1. The maximum Gasteiger partial charge on any atom is 0.405 e. The number of hydrogen-bond acceptors (Lipinski definition) is 3. The predicted molar refractivity (Wildman–Crippen MR) is 149 cm³/mol. The van der Waals surface area contributed by atoms with E-state index in [0.717, 1.165) is 40.7 Å². The van der Waals surface area contributed by atoms with Crippen molar-refractivity contribution in [2.24, 2.45) is 0 Å². The maximum absolute atomic E-state index is 13.3. The van der Waals surface area contributed by atoms with Crippen molar-refractivity contribution in [1.82, 2.24) is 10.3 Å². The topological polar surface area (TPSA) is 71.1 Å². The average Bonchev–Trinajstić information content (AvgIpc) is 3.30. The summed E-state index contributed by atoms with van der Waals surface area (Å²) in [5.41, 5.74) is 6.55. The summed E-state index contributed by atoms with van der Waals surface area (Å²) in [6.07, 6.45) is -0.554. The largest absolute Gasteiger partial charge is 0.405 e. The Morgan fingerprint density at radius 2 is 1.60 bits per heavy atom. The third-order valence-electron chi connectivity index (χ3n) is 7.05. The van der Waals surface area contributed by atoms with Gasteiger partial charge < -0.3 is 10.6 Å². The Kier molecular flexibility index (Phi) is 7.69. The molecule has 4 aromatic rings. The molecule has 1 heterocycles. The summed E-state index contributed by atoms with van der Waals surface area (Å²) in [5.74, 6) is -1.78. The van der Waals surface area contributed by atoms with Crippen LogP contribution in [-0.4, -0.2) is 29.5 Å². The number of halogens is 3. The smallest absolute Gasteiger partial charge is 0.346 e. The zero-order chi connectivity index (χ0) is 28.3. The highest BCUT2D eigenvalue weighted by atomic mass is 19.4. The van der Waals surface area contributed by atoms with Crippen molar-refractivity contribution in [3.8, 4) is 22.4 Å². The van der Waals surface area contributed by atoms with Crippen LogP contribution in [-0.2, 0) is 11.2 Å². The predicted octanol–water partition coefficient (Wildman–Crippen LogP) is 7.13. The molecule has 1 unspecified atom stereocenters. The van der Waals surface area contributed by atoms with Gasteiger partial charge in [0, 0.05) is 11.1 Å². The van der Waals surface area contributed by atoms with E-state index in [2.05, 4.69) is 22.5 Å². The molecule has 1 aromatic heterocycles. The van der Waals surface area contributed by atoms with E-state index in [4.69, 9.17) is 0 Å². The van der Waals surface area contributed by atoms with Crippen molar-refractivity contribution >= 4 is 17.5 Å². The molecule has 0 saturated carbocycles. The van der Waals surface area contributed by atoms with Crippen LogP contribution in [0.3, 0.4) is 0 Å². The quantitative estimate of drug-likeness (QED) is 0.248. The second kappa shape index (κ2) is 11.3. The first-order valence-electron chi connectivity index (χ1n) is 13.2. The Morgan fingerprint density at radius 1 is 0.875 bits per heavy atom. The normalized spacial score (nSPS) is 13.8. The lowest BCUT2D eigenvalue weighted by atomic mass is 9.86. The number of pyridine rings is 1. The Bertz CT molecular complexity index is 1530. The van der Waals surface area contributed by atoms with Crippen LogP contribution in [0.5, 0.6) is 0 Å². The highest BCUT2D eigenvalue weighted by molar-refractivity contribution is 6.04. The lowest BCUT2D eigenvalue weighted by molar-refractivity contribution is -0.138. The number of rotatable bonds is 8. The number of unbranched alkanes of at least 4 members (excludes halogenated alkanes) is 1. The summed E-state index contributed by atoms with van der Waals surface area (Å²) in [4.78, 5) is 30.4. The lowest BCUT2D eigenvalue weighted by Gasteiger charge is -2.20. The fourth-order valence-electron chi connectivity index (χ4n) is 5.22. The molecule has 0 bridgehead atoms. The van der Waals surface area contributed by atoms with E-state index in [1.807, 2.05) is 30.3 Å². The number of anilines is 1. The van der Waals surface area contributed by atoms with E-state index >= 15 is 0 Å². The van der Waals surface area contributed by atoms with Crippen molar-refractivity contribution in [3.05, 3.63) is 107 Å².